The number of aromatic nitrogens is 2. The number of fused-ring (bicyclic) bond motifs is 1. The zero-order valence-electron chi connectivity index (χ0n) is 14.9. The number of rotatable bonds is 7. The first kappa shape index (κ1) is 17.8. The van der Waals surface area contributed by atoms with Crippen molar-refractivity contribution in [2.45, 2.75) is 33.9 Å². The van der Waals surface area contributed by atoms with Crippen molar-refractivity contribution < 1.29 is 9.47 Å². The minimum Gasteiger partial charge on any atom is -0.485 e. The number of hydrogen-bond donors (Lipinski definition) is 0. The molecule has 0 unspecified atom stereocenters. The van der Waals surface area contributed by atoms with Crippen molar-refractivity contribution in [1.29, 1.82) is 0 Å². The molecule has 1 heterocycles. The van der Waals surface area contributed by atoms with Gasteiger partial charge in [0.05, 0.1) is 17.6 Å². The third kappa shape index (κ3) is 3.97. The molecule has 25 heavy (non-hydrogen) atoms. The van der Waals surface area contributed by atoms with Crippen LogP contribution in [0, 0.1) is 13.8 Å². The Morgan fingerprint density at radius 2 is 2.00 bits per heavy atom. The lowest BCUT2D eigenvalue weighted by Gasteiger charge is -2.13. The molecule has 4 nitrogen and oxygen atoms in total. The van der Waals surface area contributed by atoms with Crippen LogP contribution in [0.15, 0.2) is 36.4 Å². The van der Waals surface area contributed by atoms with Crippen molar-refractivity contribution in [3.8, 4) is 5.75 Å². The van der Waals surface area contributed by atoms with Crippen LogP contribution < -0.4 is 4.74 Å². The number of imidazole rings is 1. The van der Waals surface area contributed by atoms with E-state index in [1.165, 1.54) is 5.56 Å². The first-order chi connectivity index (χ1) is 12.1. The average Bonchev–Trinajstić information content (AvgIpc) is 2.93. The van der Waals surface area contributed by atoms with Crippen LogP contribution in [-0.2, 0) is 17.9 Å². The van der Waals surface area contributed by atoms with Crippen LogP contribution in [0.2, 0.25) is 5.02 Å². The third-order valence-corrected chi connectivity index (χ3v) is 4.60. The molecule has 0 bridgehead atoms. The molecule has 3 aromatic rings. The molecule has 0 amide bonds. The monoisotopic (exact) mass is 358 g/mol. The summed E-state index contributed by atoms with van der Waals surface area (Å²) in [5.74, 6) is 1.76. The van der Waals surface area contributed by atoms with Gasteiger partial charge >= 0.3 is 0 Å². The van der Waals surface area contributed by atoms with E-state index in [0.717, 1.165) is 34.7 Å². The van der Waals surface area contributed by atoms with Gasteiger partial charge in [-0.2, -0.15) is 0 Å². The van der Waals surface area contributed by atoms with Gasteiger partial charge in [0.25, 0.3) is 0 Å². The summed E-state index contributed by atoms with van der Waals surface area (Å²) in [7, 11) is 0. The lowest BCUT2D eigenvalue weighted by molar-refractivity contribution is 0.138. The second-order valence-electron chi connectivity index (χ2n) is 6.00. The van der Waals surface area contributed by atoms with Gasteiger partial charge < -0.3 is 14.0 Å². The van der Waals surface area contributed by atoms with Crippen LogP contribution in [0.1, 0.15) is 23.9 Å². The van der Waals surface area contributed by atoms with E-state index in [1.807, 2.05) is 37.3 Å². The maximum absolute atomic E-state index is 6.17. The van der Waals surface area contributed by atoms with Gasteiger partial charge in [-0.3, -0.25) is 0 Å². The molecule has 132 valence electrons. The fraction of sp³-hybridized carbons (Fsp3) is 0.350. The van der Waals surface area contributed by atoms with Gasteiger partial charge in [0.15, 0.2) is 0 Å². The van der Waals surface area contributed by atoms with Crippen LogP contribution in [0.3, 0.4) is 0 Å². The molecule has 5 heteroatoms. The summed E-state index contributed by atoms with van der Waals surface area (Å²) in [6.45, 7) is 8.60. The summed E-state index contributed by atoms with van der Waals surface area (Å²) in [5.41, 5.74) is 4.30. The number of aryl methyl sites for hydroxylation is 1. The summed E-state index contributed by atoms with van der Waals surface area (Å²) in [6, 6.07) is 11.8. The molecule has 0 fully saturated rings. The molecule has 0 radical (unpaired) electrons. The Morgan fingerprint density at radius 1 is 1.16 bits per heavy atom. The normalized spacial score (nSPS) is 11.2. The smallest absolute Gasteiger partial charge is 0.148 e. The molecule has 0 saturated carbocycles. The summed E-state index contributed by atoms with van der Waals surface area (Å²) in [4.78, 5) is 4.72. The maximum atomic E-state index is 6.17. The van der Waals surface area contributed by atoms with E-state index in [-0.39, 0.29) is 0 Å². The average molecular weight is 359 g/mol. The zero-order valence-corrected chi connectivity index (χ0v) is 15.6. The molecule has 0 aliphatic rings. The molecule has 3 rings (SSSR count). The topological polar surface area (TPSA) is 36.3 Å². The predicted molar refractivity (Wildman–Crippen MR) is 101 cm³/mol. The van der Waals surface area contributed by atoms with Crippen molar-refractivity contribution in [3.05, 3.63) is 58.4 Å². The van der Waals surface area contributed by atoms with Gasteiger partial charge in [-0.05, 0) is 56.2 Å². The molecular formula is C20H23ClN2O2. The van der Waals surface area contributed by atoms with Crippen LogP contribution >= 0.6 is 11.6 Å². The summed E-state index contributed by atoms with van der Waals surface area (Å²) < 4.78 is 13.7. The SMILES string of the molecule is CCOCCn1c(COc2cccc(C)c2C)nc2ccc(Cl)cc21. The van der Waals surface area contributed by atoms with Gasteiger partial charge in [-0.15, -0.1) is 0 Å². The van der Waals surface area contributed by atoms with Gasteiger partial charge in [-0.1, -0.05) is 23.7 Å². The van der Waals surface area contributed by atoms with Crippen molar-refractivity contribution >= 4 is 22.6 Å². The number of halogens is 1. The molecule has 0 aliphatic heterocycles. The highest BCUT2D eigenvalue weighted by molar-refractivity contribution is 6.31. The molecule has 1 aromatic heterocycles. The van der Waals surface area contributed by atoms with Crippen molar-refractivity contribution in [1.82, 2.24) is 9.55 Å². The van der Waals surface area contributed by atoms with Crippen molar-refractivity contribution in [3.63, 3.8) is 0 Å². The maximum Gasteiger partial charge on any atom is 0.148 e. The lowest BCUT2D eigenvalue weighted by Crippen LogP contribution is -2.11. The second kappa shape index (κ2) is 7.89. The van der Waals surface area contributed by atoms with Gasteiger partial charge in [-0.25, -0.2) is 4.98 Å². The predicted octanol–water partition coefficient (Wildman–Crippen LogP) is 4.92. The van der Waals surface area contributed by atoms with Gasteiger partial charge in [0.2, 0.25) is 0 Å². The van der Waals surface area contributed by atoms with Gasteiger partial charge in [0.1, 0.15) is 18.2 Å². The fourth-order valence-electron chi connectivity index (χ4n) is 2.83. The molecule has 0 spiro atoms. The second-order valence-corrected chi connectivity index (χ2v) is 6.43. The van der Waals surface area contributed by atoms with E-state index in [2.05, 4.69) is 24.5 Å². The number of benzene rings is 2. The van der Waals surface area contributed by atoms with E-state index in [4.69, 9.17) is 26.1 Å². The van der Waals surface area contributed by atoms with Crippen LogP contribution in [-0.4, -0.2) is 22.8 Å². The quantitative estimate of drug-likeness (QED) is 0.562. The van der Waals surface area contributed by atoms with Gasteiger partial charge in [0, 0.05) is 18.2 Å². The first-order valence-corrected chi connectivity index (χ1v) is 8.89. The highest BCUT2D eigenvalue weighted by Crippen LogP contribution is 2.24. The lowest BCUT2D eigenvalue weighted by atomic mass is 10.1. The van der Waals surface area contributed by atoms with E-state index in [0.29, 0.717) is 24.8 Å². The largest absolute Gasteiger partial charge is 0.485 e. The van der Waals surface area contributed by atoms with E-state index in [1.54, 1.807) is 0 Å². The van der Waals surface area contributed by atoms with Crippen LogP contribution in [0.25, 0.3) is 11.0 Å². The number of nitrogens with zero attached hydrogens (tertiary/aromatic N) is 2. The standard InChI is InChI=1S/C20H23ClN2O2/c1-4-24-11-10-23-18-12-16(21)8-9-17(18)22-20(23)13-25-19-7-5-6-14(2)15(19)3/h5-9,12H,4,10-11,13H2,1-3H3. The Hall–Kier alpha value is -2.04. The van der Waals surface area contributed by atoms with E-state index < -0.39 is 0 Å². The molecule has 2 aromatic carbocycles. The fourth-order valence-corrected chi connectivity index (χ4v) is 2.99. The summed E-state index contributed by atoms with van der Waals surface area (Å²) in [6.07, 6.45) is 0. The van der Waals surface area contributed by atoms with Crippen LogP contribution in [0.5, 0.6) is 5.75 Å². The Morgan fingerprint density at radius 3 is 2.80 bits per heavy atom. The first-order valence-electron chi connectivity index (χ1n) is 8.51. The molecular weight excluding hydrogens is 336 g/mol. The van der Waals surface area contributed by atoms with Crippen LogP contribution in [0.4, 0.5) is 0 Å². The number of ether oxygens (including phenoxy) is 2. The van der Waals surface area contributed by atoms with E-state index >= 15 is 0 Å². The highest BCUT2D eigenvalue weighted by Gasteiger charge is 2.13. The third-order valence-electron chi connectivity index (χ3n) is 4.36. The summed E-state index contributed by atoms with van der Waals surface area (Å²) in [5, 5.41) is 0.701. The minimum atomic E-state index is 0.405. The van der Waals surface area contributed by atoms with Crippen molar-refractivity contribution in [2.75, 3.05) is 13.2 Å². The molecule has 0 saturated heterocycles. The summed E-state index contributed by atoms with van der Waals surface area (Å²) >= 11 is 6.17. The molecule has 0 aliphatic carbocycles. The zero-order chi connectivity index (χ0) is 17.8. The highest BCUT2D eigenvalue weighted by atomic mass is 35.5. The Bertz CT molecular complexity index is 874. The van der Waals surface area contributed by atoms with E-state index in [9.17, 15) is 0 Å². The molecule has 0 N–H and O–H groups in total. The Kier molecular flexibility index (Phi) is 5.61. The molecule has 0 atom stereocenters. The number of hydrogen-bond acceptors (Lipinski definition) is 3. The Labute approximate surface area is 153 Å². The minimum absolute atomic E-state index is 0.405. The van der Waals surface area contributed by atoms with Crippen molar-refractivity contribution in [2.24, 2.45) is 0 Å². The Balaban J connectivity index is 1.88.